The third-order valence-corrected chi connectivity index (χ3v) is 4.54. The number of likely N-dealkylation sites (tertiary alicyclic amines) is 1. The Morgan fingerprint density at radius 2 is 2.09 bits per heavy atom. The van der Waals surface area contributed by atoms with Crippen LogP contribution in [0.15, 0.2) is 18.2 Å². The van der Waals surface area contributed by atoms with E-state index in [1.54, 1.807) is 18.0 Å². The number of likely N-dealkylation sites (N-methyl/N-ethyl adjacent to an activating group) is 1. The first-order valence-corrected chi connectivity index (χ1v) is 7.45. The van der Waals surface area contributed by atoms with E-state index < -0.39 is 11.6 Å². The highest BCUT2D eigenvalue weighted by Crippen LogP contribution is 2.34. The molecule has 1 unspecified atom stereocenters. The summed E-state index contributed by atoms with van der Waals surface area (Å²) in [5.41, 5.74) is 0.703. The van der Waals surface area contributed by atoms with Crippen LogP contribution in [0.1, 0.15) is 12.0 Å². The van der Waals surface area contributed by atoms with Crippen LogP contribution in [-0.4, -0.2) is 55.6 Å². The molecule has 0 aromatic heterocycles. The fourth-order valence-electron chi connectivity index (χ4n) is 3.41. The van der Waals surface area contributed by atoms with Gasteiger partial charge in [0, 0.05) is 32.1 Å². The molecule has 1 aromatic carbocycles. The highest BCUT2D eigenvalue weighted by Gasteiger charge is 2.41. The number of hydrogen-bond acceptors (Lipinski definition) is 3. The summed E-state index contributed by atoms with van der Waals surface area (Å²) >= 11 is 0. The van der Waals surface area contributed by atoms with E-state index >= 15 is 0 Å². The molecule has 2 aliphatic heterocycles. The molecule has 0 aliphatic carbocycles. The van der Waals surface area contributed by atoms with Gasteiger partial charge < -0.3 is 9.64 Å². The minimum absolute atomic E-state index is 0.0101. The lowest BCUT2D eigenvalue weighted by Gasteiger charge is -2.30. The molecule has 0 bridgehead atoms. The quantitative estimate of drug-likeness (QED) is 0.833. The van der Waals surface area contributed by atoms with Crippen molar-refractivity contribution in [3.63, 3.8) is 0 Å². The van der Waals surface area contributed by atoms with Crippen molar-refractivity contribution in [3.8, 4) is 0 Å². The van der Waals surface area contributed by atoms with Crippen molar-refractivity contribution >= 4 is 5.91 Å². The zero-order valence-corrected chi connectivity index (χ0v) is 12.6. The van der Waals surface area contributed by atoms with Gasteiger partial charge in [0.2, 0.25) is 5.91 Å². The van der Waals surface area contributed by atoms with Crippen LogP contribution in [0.25, 0.3) is 0 Å². The van der Waals surface area contributed by atoms with Gasteiger partial charge in [0.1, 0.15) is 6.61 Å². The normalized spacial score (nSPS) is 26.7. The second-order valence-electron chi connectivity index (χ2n) is 6.45. The number of hydrogen-bond donors (Lipinski definition) is 0. The molecule has 2 heterocycles. The maximum absolute atomic E-state index is 13.3. The van der Waals surface area contributed by atoms with Gasteiger partial charge in [-0.1, -0.05) is 6.07 Å². The van der Waals surface area contributed by atoms with Crippen LogP contribution < -0.4 is 0 Å². The van der Waals surface area contributed by atoms with Gasteiger partial charge in [-0.3, -0.25) is 9.69 Å². The molecule has 6 heteroatoms. The average Bonchev–Trinajstić information content (AvgIpc) is 2.79. The maximum atomic E-state index is 13.3. The van der Waals surface area contributed by atoms with Crippen molar-refractivity contribution in [2.75, 3.05) is 39.9 Å². The molecule has 1 amide bonds. The van der Waals surface area contributed by atoms with E-state index in [1.807, 2.05) is 0 Å². The van der Waals surface area contributed by atoms with Crippen molar-refractivity contribution in [1.29, 1.82) is 0 Å². The number of rotatable bonds is 2. The number of benzene rings is 1. The zero-order chi connectivity index (χ0) is 15.7. The van der Waals surface area contributed by atoms with Crippen LogP contribution >= 0.6 is 0 Å². The van der Waals surface area contributed by atoms with Crippen molar-refractivity contribution in [3.05, 3.63) is 35.4 Å². The van der Waals surface area contributed by atoms with Gasteiger partial charge >= 0.3 is 0 Å². The van der Waals surface area contributed by atoms with Crippen LogP contribution in [0.3, 0.4) is 0 Å². The van der Waals surface area contributed by atoms with E-state index in [1.165, 1.54) is 6.07 Å². The van der Waals surface area contributed by atoms with Gasteiger partial charge in [-0.05, 0) is 30.7 Å². The standard InChI is InChI=1S/C16H20F2N2O2/c1-19-9-16(11-22-8-15(19)21)4-5-20(10-16)7-12-2-3-13(17)14(18)6-12/h2-3,6H,4-5,7-11H2,1H3. The van der Waals surface area contributed by atoms with Gasteiger partial charge in [-0.2, -0.15) is 0 Å². The van der Waals surface area contributed by atoms with Crippen LogP contribution in [0, 0.1) is 17.0 Å². The molecule has 3 rings (SSSR count). The Kier molecular flexibility index (Phi) is 4.14. The van der Waals surface area contributed by atoms with Crippen molar-refractivity contribution in [2.45, 2.75) is 13.0 Å². The summed E-state index contributed by atoms with van der Waals surface area (Å²) < 4.78 is 31.8. The smallest absolute Gasteiger partial charge is 0.248 e. The fraction of sp³-hybridized carbons (Fsp3) is 0.562. The molecular formula is C16H20F2N2O2. The lowest BCUT2D eigenvalue weighted by molar-refractivity contribution is -0.132. The van der Waals surface area contributed by atoms with E-state index in [2.05, 4.69) is 4.90 Å². The summed E-state index contributed by atoms with van der Waals surface area (Å²) in [6.45, 7) is 3.63. The molecule has 1 aromatic rings. The lowest BCUT2D eigenvalue weighted by Crippen LogP contribution is -2.40. The minimum Gasteiger partial charge on any atom is -0.371 e. The third kappa shape index (κ3) is 3.13. The van der Waals surface area contributed by atoms with Crippen LogP contribution in [0.4, 0.5) is 8.78 Å². The molecule has 0 radical (unpaired) electrons. The molecule has 22 heavy (non-hydrogen) atoms. The van der Waals surface area contributed by atoms with E-state index in [0.717, 1.165) is 31.1 Å². The molecule has 1 atom stereocenters. The Balaban J connectivity index is 1.66. The second kappa shape index (κ2) is 5.93. The minimum atomic E-state index is -0.820. The summed E-state index contributed by atoms with van der Waals surface area (Å²) in [4.78, 5) is 15.6. The van der Waals surface area contributed by atoms with Gasteiger partial charge in [0.15, 0.2) is 11.6 Å². The van der Waals surface area contributed by atoms with Crippen LogP contribution in [0.5, 0.6) is 0 Å². The van der Waals surface area contributed by atoms with Crippen LogP contribution in [0.2, 0.25) is 0 Å². The number of carbonyl (C=O) groups is 1. The number of carbonyl (C=O) groups excluding carboxylic acids is 1. The number of nitrogens with zero attached hydrogens (tertiary/aromatic N) is 2. The molecule has 2 saturated heterocycles. The molecular weight excluding hydrogens is 290 g/mol. The van der Waals surface area contributed by atoms with Crippen molar-refractivity contribution < 1.29 is 18.3 Å². The van der Waals surface area contributed by atoms with Crippen molar-refractivity contribution in [1.82, 2.24) is 9.80 Å². The maximum Gasteiger partial charge on any atom is 0.248 e. The third-order valence-electron chi connectivity index (χ3n) is 4.54. The van der Waals surface area contributed by atoms with E-state index in [-0.39, 0.29) is 17.9 Å². The molecule has 120 valence electrons. The lowest BCUT2D eigenvalue weighted by atomic mass is 9.88. The summed E-state index contributed by atoms with van der Waals surface area (Å²) in [7, 11) is 1.80. The van der Waals surface area contributed by atoms with Gasteiger partial charge in [0.25, 0.3) is 0 Å². The topological polar surface area (TPSA) is 32.8 Å². The number of halogens is 2. The molecule has 1 spiro atoms. The molecule has 0 N–H and O–H groups in total. The summed E-state index contributed by atoms with van der Waals surface area (Å²) in [5.74, 6) is -1.62. The highest BCUT2D eigenvalue weighted by molar-refractivity contribution is 5.77. The average molecular weight is 310 g/mol. The SMILES string of the molecule is CN1CC2(CCN(Cc3ccc(F)c(F)c3)C2)COCC1=O. The molecule has 2 aliphatic rings. The van der Waals surface area contributed by atoms with E-state index in [0.29, 0.717) is 19.7 Å². The predicted octanol–water partition coefficient (Wildman–Crippen LogP) is 1.65. The Labute approximate surface area is 128 Å². The fourth-order valence-corrected chi connectivity index (χ4v) is 3.41. The molecule has 0 saturated carbocycles. The monoisotopic (exact) mass is 310 g/mol. The highest BCUT2D eigenvalue weighted by atomic mass is 19.2. The van der Waals surface area contributed by atoms with Gasteiger partial charge in [0.05, 0.1) is 6.61 Å². The Bertz CT molecular complexity index is 581. The first-order valence-electron chi connectivity index (χ1n) is 7.45. The van der Waals surface area contributed by atoms with Gasteiger partial charge in [-0.15, -0.1) is 0 Å². The Hall–Kier alpha value is -1.53. The second-order valence-corrected chi connectivity index (χ2v) is 6.45. The Morgan fingerprint density at radius 3 is 2.86 bits per heavy atom. The first kappa shape index (κ1) is 15.4. The Morgan fingerprint density at radius 1 is 1.27 bits per heavy atom. The summed E-state index contributed by atoms with van der Waals surface area (Å²) in [6.07, 6.45) is 0.939. The van der Waals surface area contributed by atoms with E-state index in [4.69, 9.17) is 4.74 Å². The summed E-state index contributed by atoms with van der Waals surface area (Å²) in [6, 6.07) is 4.03. The molecule has 4 nitrogen and oxygen atoms in total. The zero-order valence-electron chi connectivity index (χ0n) is 12.6. The van der Waals surface area contributed by atoms with Crippen LogP contribution in [-0.2, 0) is 16.1 Å². The largest absolute Gasteiger partial charge is 0.371 e. The van der Waals surface area contributed by atoms with Crippen molar-refractivity contribution in [2.24, 2.45) is 5.41 Å². The first-order chi connectivity index (χ1) is 10.5. The van der Waals surface area contributed by atoms with Gasteiger partial charge in [-0.25, -0.2) is 8.78 Å². The number of ether oxygens (including phenoxy) is 1. The predicted molar refractivity (Wildman–Crippen MR) is 77.1 cm³/mol. The summed E-state index contributed by atoms with van der Waals surface area (Å²) in [5, 5.41) is 0. The number of amides is 1. The van der Waals surface area contributed by atoms with E-state index in [9.17, 15) is 13.6 Å². The molecule has 2 fully saturated rings.